The zero-order valence-corrected chi connectivity index (χ0v) is 11.6. The van der Waals surface area contributed by atoms with E-state index < -0.39 is 0 Å². The van der Waals surface area contributed by atoms with Crippen LogP contribution in [-0.4, -0.2) is 29.1 Å². The molecule has 0 saturated carbocycles. The van der Waals surface area contributed by atoms with Gasteiger partial charge in [-0.2, -0.15) is 5.10 Å². The highest BCUT2D eigenvalue weighted by Crippen LogP contribution is 2.34. The lowest BCUT2D eigenvalue weighted by Crippen LogP contribution is -2.45. The number of nitrogens with zero attached hydrogens (tertiary/aromatic N) is 3. The van der Waals surface area contributed by atoms with Gasteiger partial charge in [-0.05, 0) is 12.8 Å². The third-order valence-corrected chi connectivity index (χ3v) is 4.37. The summed E-state index contributed by atoms with van der Waals surface area (Å²) >= 11 is 0. The third-order valence-electron chi connectivity index (χ3n) is 4.37. The minimum atomic E-state index is -0.172. The van der Waals surface area contributed by atoms with Crippen molar-refractivity contribution < 1.29 is 0 Å². The van der Waals surface area contributed by atoms with Crippen molar-refractivity contribution in [2.24, 2.45) is 11.1 Å². The summed E-state index contributed by atoms with van der Waals surface area (Å²) in [5.41, 5.74) is 5.54. The highest BCUT2D eigenvalue weighted by molar-refractivity contribution is 5.91. The maximum absolute atomic E-state index is 7.72. The maximum Gasteiger partial charge on any atom is 0.159 e. The summed E-state index contributed by atoms with van der Waals surface area (Å²) in [4.78, 5) is 2.25. The highest BCUT2D eigenvalue weighted by Gasteiger charge is 2.33. The van der Waals surface area contributed by atoms with Crippen LogP contribution in [0.15, 0.2) is 30.5 Å². The largest absolute Gasteiger partial charge is 0.387 e. The molecule has 0 bridgehead atoms. The summed E-state index contributed by atoms with van der Waals surface area (Å²) in [5.74, 6) is 1.23. The molecule has 0 radical (unpaired) electrons. The summed E-state index contributed by atoms with van der Waals surface area (Å²) in [6, 6.07) is 8.17. The van der Waals surface area contributed by atoms with Crippen molar-refractivity contribution in [2.75, 3.05) is 18.0 Å². The molecule has 1 aliphatic heterocycles. The first-order valence-corrected chi connectivity index (χ1v) is 6.90. The number of nitrogens with two attached hydrogens (primary N) is 1. The summed E-state index contributed by atoms with van der Waals surface area (Å²) < 4.78 is 0. The molecule has 1 aliphatic rings. The van der Waals surface area contributed by atoms with Gasteiger partial charge in [-0.1, -0.05) is 31.2 Å². The van der Waals surface area contributed by atoms with Gasteiger partial charge in [-0.25, -0.2) is 0 Å². The van der Waals surface area contributed by atoms with Crippen molar-refractivity contribution in [1.82, 2.24) is 10.2 Å². The molecule has 0 amide bonds. The van der Waals surface area contributed by atoms with Gasteiger partial charge in [0.05, 0.1) is 12.0 Å². The Labute approximate surface area is 118 Å². The van der Waals surface area contributed by atoms with Crippen molar-refractivity contribution in [3.8, 4) is 0 Å². The lowest BCUT2D eigenvalue weighted by Gasteiger charge is -2.39. The Hall–Kier alpha value is -2.17. The Morgan fingerprint density at radius 1 is 1.30 bits per heavy atom. The van der Waals surface area contributed by atoms with Gasteiger partial charge in [0.25, 0.3) is 0 Å². The van der Waals surface area contributed by atoms with Gasteiger partial charge in [-0.15, -0.1) is 5.10 Å². The van der Waals surface area contributed by atoms with E-state index in [2.05, 4.69) is 34.2 Å². The van der Waals surface area contributed by atoms with Crippen LogP contribution in [0.3, 0.4) is 0 Å². The zero-order valence-electron chi connectivity index (χ0n) is 11.6. The molecule has 2 heterocycles. The second kappa shape index (κ2) is 4.74. The quantitative estimate of drug-likeness (QED) is 0.647. The minimum absolute atomic E-state index is 0.172. The summed E-state index contributed by atoms with van der Waals surface area (Å²) in [6.45, 7) is 3.79. The number of piperidine rings is 1. The van der Waals surface area contributed by atoms with E-state index in [1.165, 1.54) is 0 Å². The molecule has 3 rings (SSSR count). The van der Waals surface area contributed by atoms with Crippen LogP contribution in [0.25, 0.3) is 10.8 Å². The van der Waals surface area contributed by atoms with Gasteiger partial charge in [0.2, 0.25) is 0 Å². The monoisotopic (exact) mass is 269 g/mol. The second-order valence-electron chi connectivity index (χ2n) is 5.72. The molecule has 0 aliphatic carbocycles. The molecule has 1 aromatic carbocycles. The summed E-state index contributed by atoms with van der Waals surface area (Å²) in [7, 11) is 0. The lowest BCUT2D eigenvalue weighted by molar-refractivity contribution is 0.350. The average molecular weight is 269 g/mol. The van der Waals surface area contributed by atoms with Crippen LogP contribution in [0.1, 0.15) is 19.8 Å². The number of hydrogen-bond acceptors (Lipinski definition) is 4. The van der Waals surface area contributed by atoms with Gasteiger partial charge in [0.1, 0.15) is 0 Å². The fraction of sp³-hybridized carbons (Fsp3) is 0.400. The molecule has 1 aromatic heterocycles. The second-order valence-corrected chi connectivity index (χ2v) is 5.72. The molecule has 2 aromatic rings. The van der Waals surface area contributed by atoms with Crippen LogP contribution in [0.2, 0.25) is 0 Å². The number of hydrogen-bond donors (Lipinski definition) is 2. The predicted molar refractivity (Wildman–Crippen MR) is 81.0 cm³/mol. The van der Waals surface area contributed by atoms with E-state index in [9.17, 15) is 0 Å². The topological polar surface area (TPSA) is 78.9 Å². The standard InChI is InChI=1S/C15H19N5/c1-15(14(16)17)6-8-20(9-7-15)13-12-5-3-2-4-11(12)10-18-19-13/h2-5,10H,6-9H2,1H3,(H3,16,17). The smallest absolute Gasteiger partial charge is 0.159 e. The molecular formula is C15H19N5. The van der Waals surface area contributed by atoms with Crippen LogP contribution in [0.4, 0.5) is 5.82 Å². The molecular weight excluding hydrogens is 250 g/mol. The molecule has 104 valence electrons. The maximum atomic E-state index is 7.72. The van der Waals surface area contributed by atoms with E-state index in [1.807, 2.05) is 12.1 Å². The van der Waals surface area contributed by atoms with Gasteiger partial charge >= 0.3 is 0 Å². The fourth-order valence-corrected chi connectivity index (χ4v) is 2.73. The summed E-state index contributed by atoms with van der Waals surface area (Å²) in [5, 5.41) is 18.4. The van der Waals surface area contributed by atoms with E-state index >= 15 is 0 Å². The Morgan fingerprint density at radius 2 is 2.00 bits per heavy atom. The van der Waals surface area contributed by atoms with Gasteiger partial charge in [-0.3, -0.25) is 5.41 Å². The first-order chi connectivity index (χ1) is 9.60. The molecule has 0 spiro atoms. The van der Waals surface area contributed by atoms with Crippen molar-refractivity contribution in [3.63, 3.8) is 0 Å². The normalized spacial score (nSPS) is 18.1. The first kappa shape index (κ1) is 12.8. The van der Waals surface area contributed by atoms with Crippen molar-refractivity contribution >= 4 is 22.4 Å². The predicted octanol–water partition coefficient (Wildman–Crippen LogP) is 2.17. The third kappa shape index (κ3) is 2.09. The Bertz CT molecular complexity index is 638. The molecule has 1 fully saturated rings. The highest BCUT2D eigenvalue weighted by atomic mass is 15.3. The van der Waals surface area contributed by atoms with E-state index in [0.29, 0.717) is 5.84 Å². The molecule has 0 atom stereocenters. The summed E-state index contributed by atoms with van der Waals surface area (Å²) in [6.07, 6.45) is 3.56. The van der Waals surface area contributed by atoms with Crippen molar-refractivity contribution in [2.45, 2.75) is 19.8 Å². The number of aromatic nitrogens is 2. The van der Waals surface area contributed by atoms with Crippen LogP contribution >= 0.6 is 0 Å². The lowest BCUT2D eigenvalue weighted by atomic mass is 9.79. The van der Waals surface area contributed by atoms with E-state index in [1.54, 1.807) is 6.20 Å². The number of rotatable bonds is 2. The fourth-order valence-electron chi connectivity index (χ4n) is 2.73. The zero-order chi connectivity index (χ0) is 14.2. The van der Waals surface area contributed by atoms with Crippen LogP contribution in [-0.2, 0) is 0 Å². The Kier molecular flexibility index (Phi) is 3.04. The van der Waals surface area contributed by atoms with E-state index in [4.69, 9.17) is 11.1 Å². The molecule has 20 heavy (non-hydrogen) atoms. The van der Waals surface area contributed by atoms with Crippen LogP contribution < -0.4 is 10.6 Å². The number of anilines is 1. The Balaban J connectivity index is 1.89. The number of nitrogens with one attached hydrogen (secondary N) is 1. The Morgan fingerprint density at radius 3 is 2.70 bits per heavy atom. The number of amidine groups is 1. The average Bonchev–Trinajstić information content (AvgIpc) is 2.47. The van der Waals surface area contributed by atoms with Gasteiger partial charge < -0.3 is 10.6 Å². The van der Waals surface area contributed by atoms with Crippen LogP contribution in [0.5, 0.6) is 0 Å². The SMILES string of the molecule is CC1(C(=N)N)CCN(c2nncc3ccccc23)CC1. The first-order valence-electron chi connectivity index (χ1n) is 6.90. The van der Waals surface area contributed by atoms with Crippen molar-refractivity contribution in [3.05, 3.63) is 30.5 Å². The van der Waals surface area contributed by atoms with Gasteiger partial charge in [0, 0.05) is 29.3 Å². The van der Waals surface area contributed by atoms with Gasteiger partial charge in [0.15, 0.2) is 5.82 Å². The number of fused-ring (bicyclic) bond motifs is 1. The van der Waals surface area contributed by atoms with Crippen molar-refractivity contribution in [1.29, 1.82) is 5.41 Å². The van der Waals surface area contributed by atoms with E-state index in [0.717, 1.165) is 42.5 Å². The molecule has 5 nitrogen and oxygen atoms in total. The molecule has 0 unspecified atom stereocenters. The molecule has 3 N–H and O–H groups in total. The molecule has 1 saturated heterocycles. The molecule has 5 heteroatoms. The van der Waals surface area contributed by atoms with Crippen LogP contribution in [0, 0.1) is 10.8 Å². The van der Waals surface area contributed by atoms with E-state index in [-0.39, 0.29) is 5.41 Å². The number of benzene rings is 1. The minimum Gasteiger partial charge on any atom is -0.387 e.